The Bertz CT molecular complexity index is 407. The van der Waals surface area contributed by atoms with Crippen LogP contribution >= 0.6 is 12.4 Å². The highest BCUT2D eigenvalue weighted by Gasteiger charge is 2.17. The van der Waals surface area contributed by atoms with E-state index in [1.807, 2.05) is 0 Å². The predicted molar refractivity (Wildman–Crippen MR) is 67.1 cm³/mol. The van der Waals surface area contributed by atoms with Gasteiger partial charge in [0.15, 0.2) is 0 Å². The van der Waals surface area contributed by atoms with Crippen molar-refractivity contribution in [2.75, 3.05) is 19.6 Å². The van der Waals surface area contributed by atoms with Crippen LogP contribution in [0.2, 0.25) is 0 Å². The summed E-state index contributed by atoms with van der Waals surface area (Å²) in [6, 6.07) is 4.41. The maximum Gasteiger partial charge on any atom is 0.251 e. The van der Waals surface area contributed by atoms with E-state index >= 15 is 0 Å². The van der Waals surface area contributed by atoms with E-state index < -0.39 is 0 Å². The molecule has 1 aliphatic heterocycles. The summed E-state index contributed by atoms with van der Waals surface area (Å²) in [7, 11) is 0. The quantitative estimate of drug-likeness (QED) is 0.863. The van der Waals surface area contributed by atoms with Gasteiger partial charge in [0.2, 0.25) is 0 Å². The van der Waals surface area contributed by atoms with Gasteiger partial charge in [-0.3, -0.25) is 4.79 Å². The van der Waals surface area contributed by atoms with E-state index in [1.54, 1.807) is 13.0 Å². The lowest BCUT2D eigenvalue weighted by molar-refractivity contribution is 0.0942. The number of hydrogen-bond acceptors (Lipinski definition) is 2. The first-order valence-corrected chi connectivity index (χ1v) is 5.42. The minimum absolute atomic E-state index is 0. The average molecular weight is 259 g/mol. The number of hydrogen-bond donors (Lipinski definition) is 2. The Hall–Kier alpha value is -1.13. The zero-order valence-corrected chi connectivity index (χ0v) is 10.4. The van der Waals surface area contributed by atoms with Gasteiger partial charge in [-0.2, -0.15) is 0 Å². The molecule has 0 aromatic heterocycles. The molecule has 1 aromatic rings. The van der Waals surface area contributed by atoms with Crippen molar-refractivity contribution in [2.24, 2.45) is 5.92 Å². The van der Waals surface area contributed by atoms with Crippen LogP contribution in [0.25, 0.3) is 0 Å². The highest BCUT2D eigenvalue weighted by molar-refractivity contribution is 5.94. The number of amides is 1. The molecule has 1 aliphatic rings. The fourth-order valence-corrected chi connectivity index (χ4v) is 1.62. The van der Waals surface area contributed by atoms with E-state index in [-0.39, 0.29) is 24.1 Å². The second kappa shape index (κ2) is 5.98. The predicted octanol–water partition coefficient (Wildman–Crippen LogP) is 1.51. The fourth-order valence-electron chi connectivity index (χ4n) is 1.62. The molecule has 1 aromatic carbocycles. The Morgan fingerprint density at radius 3 is 2.76 bits per heavy atom. The molecule has 17 heavy (non-hydrogen) atoms. The Morgan fingerprint density at radius 1 is 1.53 bits per heavy atom. The van der Waals surface area contributed by atoms with Gasteiger partial charge in [0.1, 0.15) is 5.82 Å². The number of carbonyl (C=O) groups excluding carboxylic acids is 1. The van der Waals surface area contributed by atoms with E-state index in [0.29, 0.717) is 23.6 Å². The van der Waals surface area contributed by atoms with E-state index in [4.69, 9.17) is 0 Å². The lowest BCUT2D eigenvalue weighted by Gasteiger charge is -2.27. The Morgan fingerprint density at radius 2 is 2.24 bits per heavy atom. The van der Waals surface area contributed by atoms with Crippen molar-refractivity contribution in [3.05, 3.63) is 35.1 Å². The van der Waals surface area contributed by atoms with Crippen LogP contribution in [0.5, 0.6) is 0 Å². The van der Waals surface area contributed by atoms with Crippen molar-refractivity contribution >= 4 is 18.3 Å². The second-order valence-electron chi connectivity index (χ2n) is 4.20. The lowest BCUT2D eigenvalue weighted by atomic mass is 10.0. The van der Waals surface area contributed by atoms with Crippen LogP contribution in [0, 0.1) is 18.7 Å². The van der Waals surface area contributed by atoms with Gasteiger partial charge in [0.25, 0.3) is 5.91 Å². The van der Waals surface area contributed by atoms with Crippen LogP contribution in [-0.4, -0.2) is 25.5 Å². The molecule has 5 heteroatoms. The van der Waals surface area contributed by atoms with E-state index in [0.717, 1.165) is 13.1 Å². The molecule has 0 saturated carbocycles. The Balaban J connectivity index is 0.00000144. The molecule has 2 N–H and O–H groups in total. The zero-order chi connectivity index (χ0) is 11.5. The van der Waals surface area contributed by atoms with Gasteiger partial charge in [-0.05, 0) is 30.7 Å². The highest BCUT2D eigenvalue weighted by Crippen LogP contribution is 2.09. The first-order valence-electron chi connectivity index (χ1n) is 5.42. The van der Waals surface area contributed by atoms with Crippen LogP contribution in [-0.2, 0) is 0 Å². The van der Waals surface area contributed by atoms with Gasteiger partial charge in [0, 0.05) is 31.1 Å². The Labute approximate surface area is 106 Å². The third-order valence-electron chi connectivity index (χ3n) is 2.84. The SMILES string of the molecule is Cc1cc(C(=O)NCC2CNC2)ccc1F.Cl. The molecule has 1 heterocycles. The van der Waals surface area contributed by atoms with E-state index in [1.165, 1.54) is 12.1 Å². The molecule has 1 saturated heterocycles. The summed E-state index contributed by atoms with van der Waals surface area (Å²) < 4.78 is 13.0. The molecular formula is C12H16ClFN2O. The summed E-state index contributed by atoms with van der Waals surface area (Å²) in [5.41, 5.74) is 1.02. The normalized spacial score (nSPS) is 14.7. The molecule has 2 rings (SSSR count). The summed E-state index contributed by atoms with van der Waals surface area (Å²) in [6.45, 7) is 4.26. The lowest BCUT2D eigenvalue weighted by Crippen LogP contribution is -2.48. The number of benzene rings is 1. The summed E-state index contributed by atoms with van der Waals surface area (Å²) in [6.07, 6.45) is 0. The largest absolute Gasteiger partial charge is 0.352 e. The molecule has 0 spiro atoms. The number of nitrogens with one attached hydrogen (secondary N) is 2. The van der Waals surface area contributed by atoms with Crippen molar-refractivity contribution in [2.45, 2.75) is 6.92 Å². The van der Waals surface area contributed by atoms with Gasteiger partial charge < -0.3 is 10.6 Å². The van der Waals surface area contributed by atoms with Gasteiger partial charge in [-0.1, -0.05) is 0 Å². The summed E-state index contributed by atoms with van der Waals surface area (Å²) in [4.78, 5) is 11.7. The third-order valence-corrected chi connectivity index (χ3v) is 2.84. The Kier molecular flexibility index (Phi) is 4.90. The van der Waals surface area contributed by atoms with Gasteiger partial charge >= 0.3 is 0 Å². The standard InChI is InChI=1S/C12H15FN2O.ClH/c1-8-4-10(2-3-11(8)13)12(16)15-7-9-5-14-6-9;/h2-4,9,14H,5-7H2,1H3,(H,15,16);1H. The molecule has 1 fully saturated rings. The first kappa shape index (κ1) is 13.9. The highest BCUT2D eigenvalue weighted by atomic mass is 35.5. The topological polar surface area (TPSA) is 41.1 Å². The van der Waals surface area contributed by atoms with Crippen molar-refractivity contribution in [3.8, 4) is 0 Å². The molecule has 94 valence electrons. The molecular weight excluding hydrogens is 243 g/mol. The number of rotatable bonds is 3. The number of aryl methyl sites for hydroxylation is 1. The monoisotopic (exact) mass is 258 g/mol. The van der Waals surface area contributed by atoms with Crippen LogP contribution in [0.15, 0.2) is 18.2 Å². The molecule has 3 nitrogen and oxygen atoms in total. The molecule has 0 radical (unpaired) electrons. The van der Waals surface area contributed by atoms with Crippen LogP contribution < -0.4 is 10.6 Å². The molecule has 0 atom stereocenters. The minimum atomic E-state index is -0.278. The smallest absolute Gasteiger partial charge is 0.251 e. The van der Waals surface area contributed by atoms with E-state index in [2.05, 4.69) is 10.6 Å². The van der Waals surface area contributed by atoms with Crippen LogP contribution in [0.4, 0.5) is 4.39 Å². The first-order chi connectivity index (χ1) is 7.66. The average Bonchev–Trinajstić information content (AvgIpc) is 2.19. The van der Waals surface area contributed by atoms with Gasteiger partial charge in [-0.25, -0.2) is 4.39 Å². The number of carbonyl (C=O) groups is 1. The second-order valence-corrected chi connectivity index (χ2v) is 4.20. The van der Waals surface area contributed by atoms with Crippen molar-refractivity contribution in [3.63, 3.8) is 0 Å². The van der Waals surface area contributed by atoms with Crippen molar-refractivity contribution in [1.29, 1.82) is 0 Å². The van der Waals surface area contributed by atoms with Gasteiger partial charge in [0.05, 0.1) is 0 Å². The van der Waals surface area contributed by atoms with Crippen molar-refractivity contribution in [1.82, 2.24) is 10.6 Å². The molecule has 0 unspecified atom stereocenters. The number of halogens is 2. The fraction of sp³-hybridized carbons (Fsp3) is 0.417. The summed E-state index contributed by atoms with van der Waals surface area (Å²) in [5, 5.41) is 5.99. The van der Waals surface area contributed by atoms with E-state index in [9.17, 15) is 9.18 Å². The molecule has 0 aliphatic carbocycles. The summed E-state index contributed by atoms with van der Waals surface area (Å²) in [5.74, 6) is 0.125. The van der Waals surface area contributed by atoms with Crippen LogP contribution in [0.1, 0.15) is 15.9 Å². The molecule has 1 amide bonds. The third kappa shape index (κ3) is 3.41. The maximum absolute atomic E-state index is 13.0. The zero-order valence-electron chi connectivity index (χ0n) is 9.63. The van der Waals surface area contributed by atoms with Crippen LogP contribution in [0.3, 0.4) is 0 Å². The van der Waals surface area contributed by atoms with Gasteiger partial charge in [-0.15, -0.1) is 12.4 Å². The van der Waals surface area contributed by atoms with Crippen molar-refractivity contribution < 1.29 is 9.18 Å². The summed E-state index contributed by atoms with van der Waals surface area (Å²) >= 11 is 0. The minimum Gasteiger partial charge on any atom is -0.352 e. The molecule has 0 bridgehead atoms. The maximum atomic E-state index is 13.0.